The van der Waals surface area contributed by atoms with Crippen LogP contribution in [0.3, 0.4) is 0 Å². The molecular weight excluding hydrogens is 431 g/mol. The third kappa shape index (κ3) is 6.77. The monoisotopic (exact) mass is 456 g/mol. The van der Waals surface area contributed by atoms with Crippen molar-refractivity contribution in [2.75, 3.05) is 20.8 Å². The summed E-state index contributed by atoms with van der Waals surface area (Å²) in [6.07, 6.45) is 1.78. The molecule has 0 amide bonds. The Labute approximate surface area is 166 Å². The van der Waals surface area contributed by atoms with E-state index < -0.39 is 0 Å². The van der Waals surface area contributed by atoms with Gasteiger partial charge in [-0.05, 0) is 36.8 Å². The van der Waals surface area contributed by atoms with Crippen LogP contribution >= 0.6 is 24.0 Å². The lowest BCUT2D eigenvalue weighted by Crippen LogP contribution is -2.36. The summed E-state index contributed by atoms with van der Waals surface area (Å²) in [4.78, 5) is 8.50. The van der Waals surface area contributed by atoms with E-state index in [4.69, 9.17) is 9.47 Å². The number of benzene rings is 1. The van der Waals surface area contributed by atoms with Crippen molar-refractivity contribution in [3.05, 3.63) is 53.9 Å². The first-order valence-corrected chi connectivity index (χ1v) is 7.91. The van der Waals surface area contributed by atoms with Gasteiger partial charge in [0.1, 0.15) is 0 Å². The molecule has 0 radical (unpaired) electrons. The number of ether oxygens (including phenoxy) is 2. The molecule has 0 spiro atoms. The second kappa shape index (κ2) is 11.5. The number of halogens is 1. The largest absolute Gasteiger partial charge is 0.493 e. The molecule has 1 heterocycles. The molecule has 2 N–H and O–H groups in total. The fraction of sp³-hybridized carbons (Fsp3) is 0.333. The Morgan fingerprint density at radius 3 is 2.56 bits per heavy atom. The first-order valence-electron chi connectivity index (χ1n) is 7.91. The molecule has 0 aliphatic carbocycles. The number of hydrogen-bond donors (Lipinski definition) is 2. The van der Waals surface area contributed by atoms with Crippen LogP contribution in [0.25, 0.3) is 0 Å². The van der Waals surface area contributed by atoms with E-state index in [9.17, 15) is 0 Å². The highest BCUT2D eigenvalue weighted by Crippen LogP contribution is 2.27. The van der Waals surface area contributed by atoms with Gasteiger partial charge in [-0.2, -0.15) is 0 Å². The van der Waals surface area contributed by atoms with Crippen LogP contribution in [0, 0.1) is 0 Å². The van der Waals surface area contributed by atoms with Gasteiger partial charge in [-0.1, -0.05) is 12.1 Å². The fourth-order valence-corrected chi connectivity index (χ4v) is 2.18. The van der Waals surface area contributed by atoms with E-state index in [1.165, 1.54) is 0 Å². The molecule has 0 fully saturated rings. The molecule has 0 unspecified atom stereocenters. The molecule has 2 aromatic rings. The molecule has 0 aliphatic heterocycles. The van der Waals surface area contributed by atoms with Crippen LogP contribution in [-0.4, -0.2) is 31.7 Å². The summed E-state index contributed by atoms with van der Waals surface area (Å²) in [6, 6.07) is 11.7. The fourth-order valence-electron chi connectivity index (χ4n) is 2.18. The number of aromatic nitrogens is 1. The van der Waals surface area contributed by atoms with E-state index in [1.54, 1.807) is 20.4 Å². The van der Waals surface area contributed by atoms with Crippen molar-refractivity contribution in [1.82, 2.24) is 15.6 Å². The van der Waals surface area contributed by atoms with Crippen molar-refractivity contribution in [3.8, 4) is 11.5 Å². The van der Waals surface area contributed by atoms with Crippen LogP contribution in [0.2, 0.25) is 0 Å². The molecule has 6 nitrogen and oxygen atoms in total. The Bertz CT molecular complexity index is 665. The van der Waals surface area contributed by atoms with Crippen molar-refractivity contribution >= 4 is 29.9 Å². The van der Waals surface area contributed by atoms with Gasteiger partial charge in [0.15, 0.2) is 17.5 Å². The van der Waals surface area contributed by atoms with Crippen LogP contribution in [-0.2, 0) is 13.1 Å². The first-order chi connectivity index (χ1) is 11.8. The van der Waals surface area contributed by atoms with Crippen LogP contribution < -0.4 is 20.1 Å². The second-order valence-electron chi connectivity index (χ2n) is 5.02. The SMILES string of the molecule is CCOc1cc(CNC(=NC)NCc2ccccn2)ccc1OC.I. The Morgan fingerprint density at radius 1 is 1.12 bits per heavy atom. The summed E-state index contributed by atoms with van der Waals surface area (Å²) in [5.41, 5.74) is 2.04. The average Bonchev–Trinajstić information content (AvgIpc) is 2.63. The minimum atomic E-state index is 0. The number of nitrogens with one attached hydrogen (secondary N) is 2. The van der Waals surface area contributed by atoms with Crippen molar-refractivity contribution in [1.29, 1.82) is 0 Å². The summed E-state index contributed by atoms with van der Waals surface area (Å²) in [6.45, 7) is 3.80. The lowest BCUT2D eigenvalue weighted by molar-refractivity contribution is 0.310. The molecule has 136 valence electrons. The van der Waals surface area contributed by atoms with Gasteiger partial charge in [-0.3, -0.25) is 9.98 Å². The zero-order valence-electron chi connectivity index (χ0n) is 14.8. The van der Waals surface area contributed by atoms with Gasteiger partial charge in [0.05, 0.1) is 26.0 Å². The molecule has 1 aromatic carbocycles. The lowest BCUT2D eigenvalue weighted by Gasteiger charge is -2.14. The van der Waals surface area contributed by atoms with Crippen LogP contribution in [0.5, 0.6) is 11.5 Å². The van der Waals surface area contributed by atoms with Gasteiger partial charge in [0, 0.05) is 19.8 Å². The van der Waals surface area contributed by atoms with Gasteiger partial charge in [0.2, 0.25) is 0 Å². The normalized spacial score (nSPS) is 10.6. The van der Waals surface area contributed by atoms with Gasteiger partial charge in [0.25, 0.3) is 0 Å². The highest BCUT2D eigenvalue weighted by Gasteiger charge is 2.06. The minimum Gasteiger partial charge on any atom is -0.493 e. The number of guanidine groups is 1. The quantitative estimate of drug-likeness (QED) is 0.381. The maximum atomic E-state index is 5.60. The third-order valence-electron chi connectivity index (χ3n) is 3.37. The van der Waals surface area contributed by atoms with E-state index in [-0.39, 0.29) is 24.0 Å². The number of nitrogens with zero attached hydrogens (tertiary/aromatic N) is 2. The van der Waals surface area contributed by atoms with E-state index in [2.05, 4.69) is 20.6 Å². The molecule has 0 aliphatic rings. The number of hydrogen-bond acceptors (Lipinski definition) is 4. The molecule has 1 aromatic heterocycles. The Morgan fingerprint density at radius 2 is 1.92 bits per heavy atom. The predicted molar refractivity (Wildman–Crippen MR) is 111 cm³/mol. The standard InChI is InChI=1S/C18H24N4O2.HI/c1-4-24-17-11-14(8-9-16(17)23-3)12-21-18(19-2)22-13-15-7-5-6-10-20-15;/h5-11H,4,12-13H2,1-3H3,(H2,19,21,22);1H. The van der Waals surface area contributed by atoms with Crippen molar-refractivity contribution in [3.63, 3.8) is 0 Å². The first kappa shape index (κ1) is 21.0. The number of pyridine rings is 1. The van der Waals surface area contributed by atoms with Crippen LogP contribution in [0.1, 0.15) is 18.2 Å². The summed E-state index contributed by atoms with van der Waals surface area (Å²) in [7, 11) is 3.38. The van der Waals surface area contributed by atoms with Crippen molar-refractivity contribution in [2.45, 2.75) is 20.0 Å². The number of rotatable bonds is 7. The summed E-state index contributed by atoms with van der Waals surface area (Å²) in [5.74, 6) is 2.20. The maximum absolute atomic E-state index is 5.60. The van der Waals surface area contributed by atoms with E-state index in [1.807, 2.05) is 43.3 Å². The van der Waals surface area contributed by atoms with Gasteiger partial charge >= 0.3 is 0 Å². The van der Waals surface area contributed by atoms with Crippen molar-refractivity contribution in [2.24, 2.45) is 4.99 Å². The minimum absolute atomic E-state index is 0. The maximum Gasteiger partial charge on any atom is 0.191 e. The molecular formula is C18H25IN4O2. The van der Waals surface area contributed by atoms with Crippen LogP contribution in [0.4, 0.5) is 0 Å². The zero-order valence-corrected chi connectivity index (χ0v) is 17.1. The van der Waals surface area contributed by atoms with Gasteiger partial charge in [-0.25, -0.2) is 0 Å². The van der Waals surface area contributed by atoms with Crippen LogP contribution in [0.15, 0.2) is 47.6 Å². The highest BCUT2D eigenvalue weighted by atomic mass is 127. The molecule has 2 rings (SSSR count). The Kier molecular flexibility index (Phi) is 9.68. The van der Waals surface area contributed by atoms with E-state index in [0.29, 0.717) is 19.7 Å². The highest BCUT2D eigenvalue weighted by molar-refractivity contribution is 14.0. The molecule has 0 saturated heterocycles. The average molecular weight is 456 g/mol. The van der Waals surface area contributed by atoms with E-state index in [0.717, 1.165) is 28.7 Å². The lowest BCUT2D eigenvalue weighted by atomic mass is 10.2. The predicted octanol–water partition coefficient (Wildman–Crippen LogP) is 2.97. The summed E-state index contributed by atoms with van der Waals surface area (Å²) < 4.78 is 10.9. The molecule has 0 bridgehead atoms. The van der Waals surface area contributed by atoms with Gasteiger partial charge in [-0.15, -0.1) is 24.0 Å². The van der Waals surface area contributed by atoms with Gasteiger partial charge < -0.3 is 20.1 Å². The second-order valence-corrected chi connectivity index (χ2v) is 5.02. The Hall–Kier alpha value is -2.03. The summed E-state index contributed by atoms with van der Waals surface area (Å²) >= 11 is 0. The van der Waals surface area contributed by atoms with Crippen molar-refractivity contribution < 1.29 is 9.47 Å². The molecule has 0 atom stereocenters. The summed E-state index contributed by atoms with van der Waals surface area (Å²) in [5, 5.41) is 6.52. The molecule has 0 saturated carbocycles. The topological polar surface area (TPSA) is 67.8 Å². The van der Waals surface area contributed by atoms with E-state index >= 15 is 0 Å². The third-order valence-corrected chi connectivity index (χ3v) is 3.37. The zero-order chi connectivity index (χ0) is 17.2. The smallest absolute Gasteiger partial charge is 0.191 e. The Balaban J connectivity index is 0.00000312. The molecule has 7 heteroatoms. The number of aliphatic imine (C=N–C) groups is 1. The molecule has 25 heavy (non-hydrogen) atoms. The number of methoxy groups -OCH3 is 1.